The lowest BCUT2D eigenvalue weighted by atomic mass is 10.2. The maximum absolute atomic E-state index is 12.8. The highest BCUT2D eigenvalue weighted by Crippen LogP contribution is 2.20. The Morgan fingerprint density at radius 3 is 2.77 bits per heavy atom. The number of benzene rings is 1. The third kappa shape index (κ3) is 2.42. The summed E-state index contributed by atoms with van der Waals surface area (Å²) in [6.45, 7) is 0.635. The van der Waals surface area contributed by atoms with Gasteiger partial charge in [0.15, 0.2) is 0 Å². The Bertz CT molecular complexity index is 290. The van der Waals surface area contributed by atoms with Crippen LogP contribution in [0.3, 0.4) is 0 Å². The van der Waals surface area contributed by atoms with E-state index in [4.69, 9.17) is 5.11 Å². The molecule has 1 fully saturated rings. The first-order valence-electron chi connectivity index (χ1n) is 4.46. The van der Waals surface area contributed by atoms with Gasteiger partial charge in [0.2, 0.25) is 0 Å². The summed E-state index contributed by atoms with van der Waals surface area (Å²) in [5, 5.41) is 12.4. The fraction of sp³-hybridized carbons (Fsp3) is 0.400. The summed E-state index contributed by atoms with van der Waals surface area (Å²) >= 11 is 0. The Labute approximate surface area is 76.4 Å². The van der Waals surface area contributed by atoms with Gasteiger partial charge in [0.25, 0.3) is 0 Å². The van der Waals surface area contributed by atoms with E-state index in [9.17, 15) is 4.39 Å². The number of hydrogen-bond donors (Lipinski definition) is 2. The zero-order valence-corrected chi connectivity index (χ0v) is 7.26. The number of aromatic hydroxyl groups is 1. The number of phenolic OH excluding ortho intramolecular Hbond substituents is 1. The van der Waals surface area contributed by atoms with Gasteiger partial charge in [-0.05, 0) is 30.5 Å². The average molecular weight is 181 g/mol. The Hall–Kier alpha value is -1.09. The minimum atomic E-state index is -0.382. The summed E-state index contributed by atoms with van der Waals surface area (Å²) < 4.78 is 12.8. The fourth-order valence-electron chi connectivity index (χ4n) is 1.29. The van der Waals surface area contributed by atoms with E-state index in [0.29, 0.717) is 12.6 Å². The Balaban J connectivity index is 2.01. The van der Waals surface area contributed by atoms with Crippen molar-refractivity contribution in [1.29, 1.82) is 0 Å². The largest absolute Gasteiger partial charge is 0.508 e. The molecule has 1 saturated carbocycles. The van der Waals surface area contributed by atoms with Crippen molar-refractivity contribution in [3.8, 4) is 5.75 Å². The van der Waals surface area contributed by atoms with Gasteiger partial charge >= 0.3 is 0 Å². The lowest BCUT2D eigenvalue weighted by Crippen LogP contribution is -2.15. The van der Waals surface area contributed by atoms with Crippen LogP contribution in [0.25, 0.3) is 0 Å². The topological polar surface area (TPSA) is 32.3 Å². The van der Waals surface area contributed by atoms with Crippen molar-refractivity contribution in [2.24, 2.45) is 0 Å². The zero-order chi connectivity index (χ0) is 9.26. The van der Waals surface area contributed by atoms with Crippen molar-refractivity contribution in [2.75, 3.05) is 0 Å². The number of halogens is 1. The lowest BCUT2D eigenvalue weighted by Gasteiger charge is -2.03. The smallest absolute Gasteiger partial charge is 0.127 e. The molecule has 0 saturated heterocycles. The predicted octanol–water partition coefficient (Wildman–Crippen LogP) is 1.78. The highest BCUT2D eigenvalue weighted by molar-refractivity contribution is 5.28. The Morgan fingerprint density at radius 1 is 1.38 bits per heavy atom. The molecule has 0 amide bonds. The minimum absolute atomic E-state index is 0.00685. The number of rotatable bonds is 3. The lowest BCUT2D eigenvalue weighted by molar-refractivity contribution is 0.467. The van der Waals surface area contributed by atoms with Crippen molar-refractivity contribution >= 4 is 0 Å². The highest BCUT2D eigenvalue weighted by Gasteiger charge is 2.19. The second-order valence-corrected chi connectivity index (χ2v) is 3.47. The molecule has 2 N–H and O–H groups in total. The van der Waals surface area contributed by atoms with Gasteiger partial charge in [-0.25, -0.2) is 4.39 Å². The van der Waals surface area contributed by atoms with Gasteiger partial charge in [0.1, 0.15) is 11.6 Å². The molecular weight excluding hydrogens is 169 g/mol. The van der Waals surface area contributed by atoms with Gasteiger partial charge in [0.05, 0.1) is 0 Å². The molecule has 13 heavy (non-hydrogen) atoms. The van der Waals surface area contributed by atoms with Gasteiger partial charge < -0.3 is 10.4 Å². The number of phenols is 1. The van der Waals surface area contributed by atoms with E-state index in [0.717, 1.165) is 11.6 Å². The van der Waals surface area contributed by atoms with Gasteiger partial charge in [0, 0.05) is 18.7 Å². The van der Waals surface area contributed by atoms with E-state index in [1.54, 1.807) is 6.07 Å². The molecule has 70 valence electrons. The monoisotopic (exact) mass is 181 g/mol. The molecule has 3 heteroatoms. The Morgan fingerprint density at radius 2 is 2.15 bits per heavy atom. The molecule has 0 aromatic heterocycles. The van der Waals surface area contributed by atoms with Crippen LogP contribution in [0.2, 0.25) is 0 Å². The SMILES string of the molecule is Oc1cc(F)cc(CNC2CC2)c1. The van der Waals surface area contributed by atoms with Gasteiger partial charge in [-0.3, -0.25) is 0 Å². The van der Waals surface area contributed by atoms with Crippen LogP contribution < -0.4 is 5.32 Å². The molecule has 0 atom stereocenters. The summed E-state index contributed by atoms with van der Waals surface area (Å²) in [5.41, 5.74) is 0.796. The molecule has 2 nitrogen and oxygen atoms in total. The number of nitrogens with one attached hydrogen (secondary N) is 1. The molecule has 0 spiro atoms. The van der Waals surface area contributed by atoms with E-state index in [1.165, 1.54) is 18.9 Å². The predicted molar refractivity (Wildman–Crippen MR) is 47.9 cm³/mol. The van der Waals surface area contributed by atoms with Crippen molar-refractivity contribution in [3.05, 3.63) is 29.6 Å². The highest BCUT2D eigenvalue weighted by atomic mass is 19.1. The summed E-state index contributed by atoms with van der Waals surface area (Å²) in [6.07, 6.45) is 2.42. The molecule has 1 aliphatic carbocycles. The molecule has 1 aliphatic rings. The molecule has 1 aromatic rings. The third-order valence-electron chi connectivity index (χ3n) is 2.11. The van der Waals surface area contributed by atoms with Crippen molar-refractivity contribution in [2.45, 2.75) is 25.4 Å². The van der Waals surface area contributed by atoms with E-state index in [1.807, 2.05) is 0 Å². The summed E-state index contributed by atoms with van der Waals surface area (Å²) in [5.74, 6) is -0.389. The quantitative estimate of drug-likeness (QED) is 0.745. The van der Waals surface area contributed by atoms with E-state index in [-0.39, 0.29) is 11.6 Å². The Kier molecular flexibility index (Phi) is 2.19. The standard InChI is InChI=1S/C10H12FNO/c11-8-3-7(4-10(13)5-8)6-12-9-1-2-9/h3-5,9,12-13H,1-2,6H2. The summed E-state index contributed by atoms with van der Waals surface area (Å²) in [6, 6.07) is 4.74. The molecule has 0 bridgehead atoms. The molecular formula is C10H12FNO. The second kappa shape index (κ2) is 3.34. The average Bonchev–Trinajstić information content (AvgIpc) is 2.81. The van der Waals surface area contributed by atoms with Gasteiger partial charge in [-0.15, -0.1) is 0 Å². The van der Waals surface area contributed by atoms with E-state index < -0.39 is 0 Å². The van der Waals surface area contributed by atoms with Crippen LogP contribution in [0.1, 0.15) is 18.4 Å². The van der Waals surface area contributed by atoms with Crippen molar-refractivity contribution in [3.63, 3.8) is 0 Å². The van der Waals surface area contributed by atoms with Gasteiger partial charge in [-0.1, -0.05) is 0 Å². The van der Waals surface area contributed by atoms with Crippen LogP contribution >= 0.6 is 0 Å². The molecule has 0 radical (unpaired) electrons. The van der Waals surface area contributed by atoms with Crippen LogP contribution in [0.5, 0.6) is 5.75 Å². The molecule has 2 rings (SSSR count). The zero-order valence-electron chi connectivity index (χ0n) is 7.26. The van der Waals surface area contributed by atoms with Crippen LogP contribution in [0, 0.1) is 5.82 Å². The summed E-state index contributed by atoms with van der Waals surface area (Å²) in [7, 11) is 0. The van der Waals surface area contributed by atoms with E-state index in [2.05, 4.69) is 5.32 Å². The fourth-order valence-corrected chi connectivity index (χ4v) is 1.29. The van der Waals surface area contributed by atoms with Crippen molar-refractivity contribution in [1.82, 2.24) is 5.32 Å². The maximum atomic E-state index is 12.8. The second-order valence-electron chi connectivity index (χ2n) is 3.47. The first kappa shape index (κ1) is 8.51. The third-order valence-corrected chi connectivity index (χ3v) is 2.11. The number of hydrogen-bond acceptors (Lipinski definition) is 2. The first-order chi connectivity index (χ1) is 6.24. The van der Waals surface area contributed by atoms with Crippen LogP contribution in [-0.2, 0) is 6.54 Å². The molecule has 0 heterocycles. The normalized spacial score (nSPS) is 16.1. The molecule has 0 unspecified atom stereocenters. The van der Waals surface area contributed by atoms with Gasteiger partial charge in [-0.2, -0.15) is 0 Å². The first-order valence-corrected chi connectivity index (χ1v) is 4.46. The van der Waals surface area contributed by atoms with Crippen LogP contribution in [0.4, 0.5) is 4.39 Å². The molecule has 0 aliphatic heterocycles. The summed E-state index contributed by atoms with van der Waals surface area (Å²) in [4.78, 5) is 0. The maximum Gasteiger partial charge on any atom is 0.127 e. The minimum Gasteiger partial charge on any atom is -0.508 e. The van der Waals surface area contributed by atoms with Crippen LogP contribution in [-0.4, -0.2) is 11.1 Å². The van der Waals surface area contributed by atoms with Crippen molar-refractivity contribution < 1.29 is 9.50 Å². The van der Waals surface area contributed by atoms with Crippen LogP contribution in [0.15, 0.2) is 18.2 Å². The van der Waals surface area contributed by atoms with E-state index >= 15 is 0 Å². The molecule has 1 aromatic carbocycles.